The fourth-order valence-corrected chi connectivity index (χ4v) is 4.87. The van der Waals surface area contributed by atoms with Gasteiger partial charge in [-0.25, -0.2) is 0 Å². The molecule has 0 saturated carbocycles. The number of piperazine rings is 1. The Balaban J connectivity index is 1.39. The largest absolute Gasteiger partial charge is 0.322 e. The van der Waals surface area contributed by atoms with E-state index in [0.717, 1.165) is 37.3 Å². The average molecular weight is 419 g/mol. The van der Waals surface area contributed by atoms with Crippen molar-refractivity contribution in [3.8, 4) is 0 Å². The molecule has 0 aliphatic carbocycles. The molecule has 5 rings (SSSR count). The quantitative estimate of drug-likeness (QED) is 0.718. The third-order valence-electron chi connectivity index (χ3n) is 6.50. The Morgan fingerprint density at radius 2 is 1.90 bits per heavy atom. The monoisotopic (exact) mass is 419 g/mol. The van der Waals surface area contributed by atoms with Gasteiger partial charge in [-0.05, 0) is 41.3 Å². The Bertz CT molecular complexity index is 1030. The summed E-state index contributed by atoms with van der Waals surface area (Å²) in [6, 6.07) is 9.58. The molecule has 31 heavy (non-hydrogen) atoms. The van der Waals surface area contributed by atoms with Crippen molar-refractivity contribution >= 4 is 17.7 Å². The van der Waals surface area contributed by atoms with Crippen molar-refractivity contribution in [2.45, 2.75) is 38.0 Å². The summed E-state index contributed by atoms with van der Waals surface area (Å²) in [5.74, 6) is -0.775. The molecular formula is C23H25N5O3. The number of carbonyl (C=O) groups excluding carboxylic acids is 3. The molecule has 1 aromatic heterocycles. The average Bonchev–Trinajstić information content (AvgIpc) is 3.12. The number of amides is 3. The van der Waals surface area contributed by atoms with Gasteiger partial charge in [0.15, 0.2) is 0 Å². The first-order valence-electron chi connectivity index (χ1n) is 10.7. The SMILES string of the molecule is O=C1CCC(N2Cc3c(CN4CCNCC4c4ccncc4)cccc3C2=O)C(=O)N1. The second-order valence-corrected chi connectivity index (χ2v) is 8.31. The molecule has 0 spiro atoms. The van der Waals surface area contributed by atoms with E-state index >= 15 is 0 Å². The van der Waals surface area contributed by atoms with Crippen LogP contribution in [0.3, 0.4) is 0 Å². The summed E-state index contributed by atoms with van der Waals surface area (Å²) in [7, 11) is 0. The molecule has 8 heteroatoms. The van der Waals surface area contributed by atoms with Gasteiger partial charge in [0.25, 0.3) is 5.91 Å². The minimum Gasteiger partial charge on any atom is -0.322 e. The Labute approximate surface area is 180 Å². The number of fused-ring (bicyclic) bond motifs is 1. The molecule has 160 valence electrons. The van der Waals surface area contributed by atoms with Crippen LogP contribution in [0.5, 0.6) is 0 Å². The maximum Gasteiger partial charge on any atom is 0.255 e. The van der Waals surface area contributed by atoms with Gasteiger partial charge in [-0.2, -0.15) is 0 Å². The van der Waals surface area contributed by atoms with Crippen molar-refractivity contribution in [1.82, 2.24) is 25.4 Å². The van der Waals surface area contributed by atoms with E-state index < -0.39 is 6.04 Å². The van der Waals surface area contributed by atoms with Crippen molar-refractivity contribution < 1.29 is 14.4 Å². The Morgan fingerprint density at radius 1 is 1.06 bits per heavy atom. The lowest BCUT2D eigenvalue weighted by Gasteiger charge is -2.37. The fourth-order valence-electron chi connectivity index (χ4n) is 4.87. The van der Waals surface area contributed by atoms with Gasteiger partial charge in [0.2, 0.25) is 11.8 Å². The van der Waals surface area contributed by atoms with Crippen LogP contribution in [0, 0.1) is 0 Å². The number of rotatable bonds is 4. The molecule has 1 aromatic carbocycles. The molecule has 2 N–H and O–H groups in total. The highest BCUT2D eigenvalue weighted by Crippen LogP contribution is 2.32. The molecule has 0 bridgehead atoms. The molecule has 8 nitrogen and oxygen atoms in total. The summed E-state index contributed by atoms with van der Waals surface area (Å²) in [5, 5.41) is 5.84. The van der Waals surface area contributed by atoms with Gasteiger partial charge in [-0.3, -0.25) is 29.6 Å². The number of nitrogens with zero attached hydrogens (tertiary/aromatic N) is 3. The van der Waals surface area contributed by atoms with Crippen LogP contribution >= 0.6 is 0 Å². The Morgan fingerprint density at radius 3 is 2.71 bits per heavy atom. The summed E-state index contributed by atoms with van der Waals surface area (Å²) in [4.78, 5) is 45.1. The highest BCUT2D eigenvalue weighted by atomic mass is 16.2. The lowest BCUT2D eigenvalue weighted by atomic mass is 9.99. The van der Waals surface area contributed by atoms with Crippen molar-refractivity contribution in [3.63, 3.8) is 0 Å². The Kier molecular flexibility index (Phi) is 5.25. The third kappa shape index (κ3) is 3.73. The van der Waals surface area contributed by atoms with E-state index in [1.165, 1.54) is 5.56 Å². The highest BCUT2D eigenvalue weighted by molar-refractivity contribution is 6.05. The van der Waals surface area contributed by atoms with E-state index in [9.17, 15) is 14.4 Å². The minimum atomic E-state index is -0.589. The number of aromatic nitrogens is 1. The summed E-state index contributed by atoms with van der Waals surface area (Å²) in [5.41, 5.74) is 3.99. The highest BCUT2D eigenvalue weighted by Gasteiger charge is 2.40. The number of piperidine rings is 1. The number of pyridine rings is 1. The summed E-state index contributed by atoms with van der Waals surface area (Å²) < 4.78 is 0. The third-order valence-corrected chi connectivity index (χ3v) is 6.50. The van der Waals surface area contributed by atoms with E-state index in [4.69, 9.17) is 0 Å². The number of imide groups is 1. The topological polar surface area (TPSA) is 94.6 Å². The first-order chi connectivity index (χ1) is 15.1. The zero-order valence-electron chi connectivity index (χ0n) is 17.2. The molecular weight excluding hydrogens is 394 g/mol. The van der Waals surface area contributed by atoms with Crippen LogP contribution < -0.4 is 10.6 Å². The fraction of sp³-hybridized carbons (Fsp3) is 0.391. The second kappa shape index (κ2) is 8.20. The molecule has 3 amide bonds. The Hall–Kier alpha value is -3.10. The van der Waals surface area contributed by atoms with Gasteiger partial charge in [-0.15, -0.1) is 0 Å². The van der Waals surface area contributed by atoms with Gasteiger partial charge in [0.1, 0.15) is 6.04 Å². The van der Waals surface area contributed by atoms with Gasteiger partial charge < -0.3 is 10.2 Å². The molecule has 4 heterocycles. The molecule has 0 radical (unpaired) electrons. The number of nitrogens with one attached hydrogen (secondary N) is 2. The van der Waals surface area contributed by atoms with Crippen LogP contribution in [0.25, 0.3) is 0 Å². The molecule has 3 aliphatic rings. The van der Waals surface area contributed by atoms with Crippen LogP contribution in [0.4, 0.5) is 0 Å². The first kappa shape index (κ1) is 19.8. The predicted molar refractivity (Wildman–Crippen MR) is 113 cm³/mol. The van der Waals surface area contributed by atoms with Crippen LogP contribution in [-0.2, 0) is 22.7 Å². The molecule has 2 atom stereocenters. The normalized spacial score (nSPS) is 24.3. The second-order valence-electron chi connectivity index (χ2n) is 8.31. The van der Waals surface area contributed by atoms with Crippen LogP contribution in [0.2, 0.25) is 0 Å². The van der Waals surface area contributed by atoms with Crippen molar-refractivity contribution in [2.75, 3.05) is 19.6 Å². The maximum absolute atomic E-state index is 13.1. The van der Waals surface area contributed by atoms with Crippen molar-refractivity contribution in [2.24, 2.45) is 0 Å². The summed E-state index contributed by atoms with van der Waals surface area (Å²) in [6.45, 7) is 3.82. The van der Waals surface area contributed by atoms with E-state index in [2.05, 4.69) is 26.6 Å². The molecule has 2 unspecified atom stereocenters. The number of hydrogen-bond donors (Lipinski definition) is 2. The minimum absolute atomic E-state index is 0.127. The first-order valence-corrected chi connectivity index (χ1v) is 10.7. The van der Waals surface area contributed by atoms with Crippen molar-refractivity contribution in [1.29, 1.82) is 0 Å². The zero-order chi connectivity index (χ0) is 21.4. The van der Waals surface area contributed by atoms with Gasteiger partial charge in [0.05, 0.1) is 0 Å². The van der Waals surface area contributed by atoms with Gasteiger partial charge in [-0.1, -0.05) is 12.1 Å². The predicted octanol–water partition coefficient (Wildman–Crippen LogP) is 0.989. The van der Waals surface area contributed by atoms with Gasteiger partial charge in [0, 0.05) is 63.1 Å². The van der Waals surface area contributed by atoms with Crippen LogP contribution in [0.15, 0.2) is 42.7 Å². The van der Waals surface area contributed by atoms with Gasteiger partial charge >= 0.3 is 0 Å². The molecule has 2 fully saturated rings. The zero-order valence-corrected chi connectivity index (χ0v) is 17.2. The molecule has 3 aliphatic heterocycles. The number of hydrogen-bond acceptors (Lipinski definition) is 6. The molecule has 2 aromatic rings. The van der Waals surface area contributed by atoms with Crippen LogP contribution in [0.1, 0.15) is 45.9 Å². The number of carbonyl (C=O) groups is 3. The van der Waals surface area contributed by atoms with Crippen LogP contribution in [-0.4, -0.2) is 58.2 Å². The standard InChI is InChI=1S/C23H25N5O3/c29-21-5-4-19(22(30)26-21)28-14-18-16(2-1-3-17(18)23(28)31)13-27-11-10-25-12-20(27)15-6-8-24-9-7-15/h1-3,6-9,19-20,25H,4-5,10-14H2,(H,26,29,30). The van der Waals surface area contributed by atoms with E-state index in [0.29, 0.717) is 18.5 Å². The molecule has 2 saturated heterocycles. The summed E-state index contributed by atoms with van der Waals surface area (Å²) in [6.07, 6.45) is 4.27. The smallest absolute Gasteiger partial charge is 0.255 e. The van der Waals surface area contributed by atoms with E-state index in [1.807, 2.05) is 36.7 Å². The number of benzene rings is 1. The lowest BCUT2D eigenvalue weighted by Crippen LogP contribution is -2.52. The lowest BCUT2D eigenvalue weighted by molar-refractivity contribution is -0.136. The maximum atomic E-state index is 13.1. The van der Waals surface area contributed by atoms with E-state index in [-0.39, 0.29) is 30.2 Å². The van der Waals surface area contributed by atoms with Crippen molar-refractivity contribution in [3.05, 3.63) is 65.0 Å². The summed E-state index contributed by atoms with van der Waals surface area (Å²) >= 11 is 0. The van der Waals surface area contributed by atoms with E-state index in [1.54, 1.807) is 4.90 Å².